The Bertz CT molecular complexity index is 934. The SMILES string of the molecule is Cn1c2ccc(Br)cc2c2c3ccccc3ccc21. The van der Waals surface area contributed by atoms with E-state index in [-0.39, 0.29) is 0 Å². The molecule has 0 atom stereocenters. The van der Waals surface area contributed by atoms with Crippen molar-refractivity contribution in [3.05, 3.63) is 59.1 Å². The Kier molecular flexibility index (Phi) is 2.24. The largest absolute Gasteiger partial charge is 0.344 e. The minimum absolute atomic E-state index is 1.13. The van der Waals surface area contributed by atoms with E-state index in [9.17, 15) is 0 Å². The van der Waals surface area contributed by atoms with Gasteiger partial charge in [0.1, 0.15) is 0 Å². The van der Waals surface area contributed by atoms with Crippen molar-refractivity contribution in [3.63, 3.8) is 0 Å². The second-order valence-corrected chi connectivity index (χ2v) is 5.82. The molecule has 92 valence electrons. The number of halogens is 1. The summed E-state index contributed by atoms with van der Waals surface area (Å²) in [6, 6.07) is 19.5. The third-order valence-electron chi connectivity index (χ3n) is 3.86. The molecule has 1 heterocycles. The molecule has 0 aliphatic carbocycles. The van der Waals surface area contributed by atoms with Crippen LogP contribution in [0.5, 0.6) is 0 Å². The molecule has 0 saturated carbocycles. The summed E-state index contributed by atoms with van der Waals surface area (Å²) < 4.78 is 3.39. The summed E-state index contributed by atoms with van der Waals surface area (Å²) in [5.41, 5.74) is 2.56. The number of hydrogen-bond donors (Lipinski definition) is 0. The van der Waals surface area contributed by atoms with Gasteiger partial charge in [0.05, 0.1) is 0 Å². The number of hydrogen-bond acceptors (Lipinski definition) is 0. The first-order chi connectivity index (χ1) is 9.25. The lowest BCUT2D eigenvalue weighted by Crippen LogP contribution is -1.85. The van der Waals surface area contributed by atoms with Gasteiger partial charge in [-0.15, -0.1) is 0 Å². The molecule has 0 spiro atoms. The quantitative estimate of drug-likeness (QED) is 0.418. The van der Waals surface area contributed by atoms with Crippen LogP contribution in [0.2, 0.25) is 0 Å². The summed E-state index contributed by atoms with van der Waals surface area (Å²) in [6.07, 6.45) is 0. The molecule has 0 amide bonds. The molecule has 4 rings (SSSR count). The Balaban J connectivity index is 2.39. The molecule has 0 unspecified atom stereocenters. The first-order valence-corrected chi connectivity index (χ1v) is 7.10. The van der Waals surface area contributed by atoms with Crippen molar-refractivity contribution in [2.75, 3.05) is 0 Å². The van der Waals surface area contributed by atoms with E-state index in [4.69, 9.17) is 0 Å². The van der Waals surface area contributed by atoms with E-state index < -0.39 is 0 Å². The molecule has 0 bridgehead atoms. The minimum atomic E-state index is 1.13. The van der Waals surface area contributed by atoms with Crippen LogP contribution in [-0.2, 0) is 7.05 Å². The molecule has 0 saturated heterocycles. The molecule has 3 aromatic carbocycles. The van der Waals surface area contributed by atoms with E-state index in [1.807, 2.05) is 0 Å². The number of aryl methyl sites for hydroxylation is 1. The molecular formula is C17H12BrN. The highest BCUT2D eigenvalue weighted by Gasteiger charge is 2.10. The van der Waals surface area contributed by atoms with Gasteiger partial charge in [0.2, 0.25) is 0 Å². The Labute approximate surface area is 119 Å². The molecule has 1 nitrogen and oxygen atoms in total. The number of rotatable bonds is 0. The van der Waals surface area contributed by atoms with Gasteiger partial charge in [-0.2, -0.15) is 0 Å². The van der Waals surface area contributed by atoms with Crippen molar-refractivity contribution in [2.24, 2.45) is 7.05 Å². The van der Waals surface area contributed by atoms with E-state index in [0.29, 0.717) is 0 Å². The number of benzene rings is 3. The molecule has 0 aliphatic heterocycles. The lowest BCUT2D eigenvalue weighted by molar-refractivity contribution is 1.01. The summed E-state index contributed by atoms with van der Waals surface area (Å²) >= 11 is 3.58. The lowest BCUT2D eigenvalue weighted by Gasteiger charge is -2.01. The maximum Gasteiger partial charge on any atom is 0.0495 e. The van der Waals surface area contributed by atoms with Gasteiger partial charge >= 0.3 is 0 Å². The summed E-state index contributed by atoms with van der Waals surface area (Å²) in [5.74, 6) is 0. The van der Waals surface area contributed by atoms with Gasteiger partial charge < -0.3 is 4.57 Å². The van der Waals surface area contributed by atoms with Crippen molar-refractivity contribution >= 4 is 48.5 Å². The standard InChI is InChI=1S/C17H12BrN/c1-19-15-9-7-12(18)10-14(15)17-13-5-3-2-4-11(13)6-8-16(17)19/h2-10H,1H3. The van der Waals surface area contributed by atoms with Crippen molar-refractivity contribution in [2.45, 2.75) is 0 Å². The second kappa shape index (κ2) is 3.84. The normalized spacial score (nSPS) is 11.7. The molecule has 0 aliphatic rings. The van der Waals surface area contributed by atoms with Crippen molar-refractivity contribution in [1.82, 2.24) is 4.57 Å². The molecule has 1 aromatic heterocycles. The summed E-state index contributed by atoms with van der Waals surface area (Å²) in [4.78, 5) is 0. The summed E-state index contributed by atoms with van der Waals surface area (Å²) in [7, 11) is 2.13. The molecule has 0 radical (unpaired) electrons. The highest BCUT2D eigenvalue weighted by molar-refractivity contribution is 9.10. The molecule has 0 N–H and O–H groups in total. The molecular weight excluding hydrogens is 298 g/mol. The highest BCUT2D eigenvalue weighted by Crippen LogP contribution is 2.35. The summed E-state index contributed by atoms with van der Waals surface area (Å²) in [6.45, 7) is 0. The Morgan fingerprint density at radius 2 is 1.63 bits per heavy atom. The predicted octanol–water partition coefficient (Wildman–Crippen LogP) is 5.25. The van der Waals surface area contributed by atoms with Crippen LogP contribution in [0.1, 0.15) is 0 Å². The first kappa shape index (κ1) is 11.1. The first-order valence-electron chi connectivity index (χ1n) is 6.31. The van der Waals surface area contributed by atoms with E-state index in [1.165, 1.54) is 32.6 Å². The van der Waals surface area contributed by atoms with E-state index >= 15 is 0 Å². The second-order valence-electron chi connectivity index (χ2n) is 4.90. The maximum absolute atomic E-state index is 3.58. The van der Waals surface area contributed by atoms with Gasteiger partial charge in [-0.05, 0) is 35.0 Å². The predicted molar refractivity (Wildman–Crippen MR) is 85.6 cm³/mol. The van der Waals surface area contributed by atoms with Crippen LogP contribution in [-0.4, -0.2) is 4.57 Å². The van der Waals surface area contributed by atoms with Gasteiger partial charge in [0, 0.05) is 33.3 Å². The Hall–Kier alpha value is -1.80. The fourth-order valence-electron chi connectivity index (χ4n) is 2.95. The minimum Gasteiger partial charge on any atom is -0.344 e. The van der Waals surface area contributed by atoms with Crippen LogP contribution in [0.4, 0.5) is 0 Å². The smallest absolute Gasteiger partial charge is 0.0495 e. The number of aromatic nitrogens is 1. The molecule has 0 fully saturated rings. The third-order valence-corrected chi connectivity index (χ3v) is 4.35. The molecule has 4 aromatic rings. The van der Waals surface area contributed by atoms with Crippen molar-refractivity contribution in [1.29, 1.82) is 0 Å². The van der Waals surface area contributed by atoms with Crippen molar-refractivity contribution in [3.8, 4) is 0 Å². The van der Waals surface area contributed by atoms with Crippen LogP contribution in [0, 0.1) is 0 Å². The third kappa shape index (κ3) is 1.47. The van der Waals surface area contributed by atoms with E-state index in [1.54, 1.807) is 0 Å². The monoisotopic (exact) mass is 309 g/mol. The average molecular weight is 310 g/mol. The zero-order valence-electron chi connectivity index (χ0n) is 10.5. The fourth-order valence-corrected chi connectivity index (χ4v) is 3.31. The van der Waals surface area contributed by atoms with Gasteiger partial charge in [-0.25, -0.2) is 0 Å². The Morgan fingerprint density at radius 1 is 0.842 bits per heavy atom. The lowest BCUT2D eigenvalue weighted by atomic mass is 10.0. The van der Waals surface area contributed by atoms with Crippen LogP contribution >= 0.6 is 15.9 Å². The molecule has 19 heavy (non-hydrogen) atoms. The van der Waals surface area contributed by atoms with E-state index in [0.717, 1.165) is 4.47 Å². The average Bonchev–Trinajstić information content (AvgIpc) is 2.72. The van der Waals surface area contributed by atoms with E-state index in [2.05, 4.69) is 82.1 Å². The van der Waals surface area contributed by atoms with Gasteiger partial charge in [0.15, 0.2) is 0 Å². The van der Waals surface area contributed by atoms with Gasteiger partial charge in [-0.1, -0.05) is 46.3 Å². The Morgan fingerprint density at radius 3 is 2.53 bits per heavy atom. The number of nitrogens with zero attached hydrogens (tertiary/aromatic N) is 1. The molecule has 2 heteroatoms. The van der Waals surface area contributed by atoms with Crippen LogP contribution in [0.15, 0.2) is 59.1 Å². The van der Waals surface area contributed by atoms with Crippen LogP contribution in [0.25, 0.3) is 32.6 Å². The maximum atomic E-state index is 3.58. The van der Waals surface area contributed by atoms with Crippen LogP contribution in [0.3, 0.4) is 0 Å². The van der Waals surface area contributed by atoms with Crippen molar-refractivity contribution < 1.29 is 0 Å². The zero-order chi connectivity index (χ0) is 13.0. The number of fused-ring (bicyclic) bond motifs is 5. The fraction of sp³-hybridized carbons (Fsp3) is 0.0588. The van der Waals surface area contributed by atoms with Gasteiger partial charge in [-0.3, -0.25) is 0 Å². The summed E-state index contributed by atoms with van der Waals surface area (Å²) in [5, 5.41) is 5.27. The topological polar surface area (TPSA) is 4.93 Å². The highest BCUT2D eigenvalue weighted by atomic mass is 79.9. The zero-order valence-corrected chi connectivity index (χ0v) is 12.1. The van der Waals surface area contributed by atoms with Gasteiger partial charge in [0.25, 0.3) is 0 Å². The van der Waals surface area contributed by atoms with Crippen LogP contribution < -0.4 is 0 Å².